The summed E-state index contributed by atoms with van der Waals surface area (Å²) in [6.45, 7) is 2.37. The minimum absolute atomic E-state index is 0.823. The van der Waals surface area contributed by atoms with Gasteiger partial charge >= 0.3 is 0 Å². The Balaban J connectivity index is 1.90. The fourth-order valence-corrected chi connectivity index (χ4v) is 2.50. The van der Waals surface area contributed by atoms with Crippen molar-refractivity contribution in [2.24, 2.45) is 5.92 Å². The van der Waals surface area contributed by atoms with Crippen LogP contribution in [0.4, 0.5) is 0 Å². The molecule has 78 valence electrons. The van der Waals surface area contributed by atoms with Gasteiger partial charge in [0.25, 0.3) is 0 Å². The van der Waals surface area contributed by atoms with Crippen molar-refractivity contribution in [1.29, 1.82) is 0 Å². The Morgan fingerprint density at radius 2 is 2.20 bits per heavy atom. The Labute approximate surface area is 89.7 Å². The molecular formula is C13H16N2. The van der Waals surface area contributed by atoms with Crippen LogP contribution in [0.15, 0.2) is 30.5 Å². The zero-order valence-electron chi connectivity index (χ0n) is 8.79. The number of H-pyrrole nitrogens is 1. The molecule has 2 aromatic rings. The molecule has 0 radical (unpaired) electrons. The Morgan fingerprint density at radius 3 is 3.07 bits per heavy atom. The minimum atomic E-state index is 0.823. The number of hydrogen-bond donors (Lipinski definition) is 2. The van der Waals surface area contributed by atoms with Crippen LogP contribution >= 0.6 is 0 Å². The molecule has 1 aromatic heterocycles. The molecule has 1 atom stereocenters. The van der Waals surface area contributed by atoms with Crippen LogP contribution in [0, 0.1) is 5.92 Å². The molecule has 0 bridgehead atoms. The number of nitrogens with one attached hydrogen (secondary N) is 2. The maximum absolute atomic E-state index is 3.42. The van der Waals surface area contributed by atoms with E-state index in [1.807, 2.05) is 0 Å². The SMILES string of the molecule is c1ccc2c(C[C@H]3CCNC3)c[nH]c2c1. The number of aromatic nitrogens is 1. The van der Waals surface area contributed by atoms with Gasteiger partial charge in [0.15, 0.2) is 0 Å². The Bertz CT molecular complexity index is 452. The molecule has 2 heterocycles. The van der Waals surface area contributed by atoms with Gasteiger partial charge < -0.3 is 10.3 Å². The molecular weight excluding hydrogens is 184 g/mol. The Kier molecular flexibility index (Phi) is 2.22. The van der Waals surface area contributed by atoms with E-state index in [1.165, 1.54) is 42.4 Å². The zero-order chi connectivity index (χ0) is 10.1. The van der Waals surface area contributed by atoms with Gasteiger partial charge in [-0.3, -0.25) is 0 Å². The molecule has 0 unspecified atom stereocenters. The molecule has 0 aliphatic carbocycles. The van der Waals surface area contributed by atoms with Crippen LogP contribution in [-0.2, 0) is 6.42 Å². The van der Waals surface area contributed by atoms with Gasteiger partial charge in [0.1, 0.15) is 0 Å². The normalized spacial score (nSPS) is 21.2. The number of hydrogen-bond acceptors (Lipinski definition) is 1. The van der Waals surface area contributed by atoms with E-state index in [9.17, 15) is 0 Å². The van der Waals surface area contributed by atoms with Gasteiger partial charge in [0.05, 0.1) is 0 Å². The van der Waals surface area contributed by atoms with Crippen molar-refractivity contribution in [2.45, 2.75) is 12.8 Å². The first-order chi connectivity index (χ1) is 7.43. The lowest BCUT2D eigenvalue weighted by atomic mass is 9.98. The van der Waals surface area contributed by atoms with Crippen LogP contribution in [0.5, 0.6) is 0 Å². The van der Waals surface area contributed by atoms with Crippen LogP contribution in [0.3, 0.4) is 0 Å². The van der Waals surface area contributed by atoms with E-state index in [1.54, 1.807) is 0 Å². The summed E-state index contributed by atoms with van der Waals surface area (Å²) in [5.74, 6) is 0.823. The average molecular weight is 200 g/mol. The first-order valence-electron chi connectivity index (χ1n) is 5.69. The first-order valence-corrected chi connectivity index (χ1v) is 5.69. The predicted octanol–water partition coefficient (Wildman–Crippen LogP) is 2.32. The highest BCUT2D eigenvalue weighted by Crippen LogP contribution is 2.22. The summed E-state index contributed by atoms with van der Waals surface area (Å²) in [6.07, 6.45) is 4.69. The van der Waals surface area contributed by atoms with Crippen LogP contribution in [0.2, 0.25) is 0 Å². The molecule has 1 aliphatic rings. The molecule has 0 saturated carbocycles. The zero-order valence-corrected chi connectivity index (χ0v) is 8.79. The van der Waals surface area contributed by atoms with Gasteiger partial charge in [-0.05, 0) is 43.5 Å². The highest BCUT2D eigenvalue weighted by Gasteiger charge is 2.16. The summed E-state index contributed by atoms with van der Waals surface area (Å²) in [6, 6.07) is 8.56. The average Bonchev–Trinajstić information content (AvgIpc) is 2.89. The summed E-state index contributed by atoms with van der Waals surface area (Å²) in [7, 11) is 0. The monoisotopic (exact) mass is 200 g/mol. The van der Waals surface area contributed by atoms with Crippen LogP contribution in [-0.4, -0.2) is 18.1 Å². The third kappa shape index (κ3) is 1.65. The second-order valence-electron chi connectivity index (χ2n) is 4.42. The fourth-order valence-electron chi connectivity index (χ4n) is 2.50. The highest BCUT2D eigenvalue weighted by atomic mass is 14.9. The van der Waals surface area contributed by atoms with Gasteiger partial charge in [-0.25, -0.2) is 0 Å². The van der Waals surface area contributed by atoms with E-state index in [0.29, 0.717) is 0 Å². The Hall–Kier alpha value is -1.28. The van der Waals surface area contributed by atoms with Gasteiger partial charge in [0.2, 0.25) is 0 Å². The summed E-state index contributed by atoms with van der Waals surface area (Å²) >= 11 is 0. The molecule has 1 aromatic carbocycles. The molecule has 2 N–H and O–H groups in total. The second kappa shape index (κ2) is 3.70. The van der Waals surface area contributed by atoms with Crippen LogP contribution in [0.25, 0.3) is 10.9 Å². The third-order valence-corrected chi connectivity index (χ3v) is 3.35. The standard InChI is InChI=1S/C13H16N2/c1-2-4-13-12(3-1)11(9-15-13)7-10-5-6-14-8-10/h1-4,9-10,14-15H,5-8H2/t10-/m1/s1. The highest BCUT2D eigenvalue weighted by molar-refractivity contribution is 5.83. The lowest BCUT2D eigenvalue weighted by Crippen LogP contribution is -2.10. The van der Waals surface area contributed by atoms with Crippen molar-refractivity contribution in [3.63, 3.8) is 0 Å². The maximum Gasteiger partial charge on any atom is 0.0456 e. The van der Waals surface area contributed by atoms with E-state index >= 15 is 0 Å². The largest absolute Gasteiger partial charge is 0.361 e. The smallest absolute Gasteiger partial charge is 0.0456 e. The number of fused-ring (bicyclic) bond motifs is 1. The topological polar surface area (TPSA) is 27.8 Å². The van der Waals surface area contributed by atoms with E-state index in [0.717, 1.165) is 5.92 Å². The van der Waals surface area contributed by atoms with Crippen molar-refractivity contribution in [2.75, 3.05) is 13.1 Å². The van der Waals surface area contributed by atoms with Crippen molar-refractivity contribution >= 4 is 10.9 Å². The summed E-state index contributed by atoms with van der Waals surface area (Å²) < 4.78 is 0. The lowest BCUT2D eigenvalue weighted by molar-refractivity contribution is 0.582. The van der Waals surface area contributed by atoms with E-state index in [-0.39, 0.29) is 0 Å². The van der Waals surface area contributed by atoms with Crippen molar-refractivity contribution in [3.8, 4) is 0 Å². The summed E-state index contributed by atoms with van der Waals surface area (Å²) in [4.78, 5) is 3.34. The van der Waals surface area contributed by atoms with Gasteiger partial charge in [-0.2, -0.15) is 0 Å². The van der Waals surface area contributed by atoms with Gasteiger partial charge in [0, 0.05) is 17.1 Å². The van der Waals surface area contributed by atoms with Crippen molar-refractivity contribution in [1.82, 2.24) is 10.3 Å². The first kappa shape index (κ1) is 8.98. The molecule has 2 heteroatoms. The molecule has 1 fully saturated rings. The van der Waals surface area contributed by atoms with Crippen molar-refractivity contribution in [3.05, 3.63) is 36.0 Å². The molecule has 3 rings (SSSR count). The summed E-state index contributed by atoms with van der Waals surface area (Å²) in [5, 5.41) is 4.82. The minimum Gasteiger partial charge on any atom is -0.361 e. The lowest BCUT2D eigenvalue weighted by Gasteiger charge is -2.06. The Morgan fingerprint density at radius 1 is 1.27 bits per heavy atom. The quantitative estimate of drug-likeness (QED) is 0.765. The number of para-hydroxylation sites is 1. The van der Waals surface area contributed by atoms with Crippen LogP contribution in [0.1, 0.15) is 12.0 Å². The van der Waals surface area contributed by atoms with E-state index in [4.69, 9.17) is 0 Å². The molecule has 15 heavy (non-hydrogen) atoms. The number of rotatable bonds is 2. The summed E-state index contributed by atoms with van der Waals surface area (Å²) in [5.41, 5.74) is 2.73. The number of benzene rings is 1. The molecule has 1 aliphatic heterocycles. The van der Waals surface area contributed by atoms with Gasteiger partial charge in [-0.1, -0.05) is 18.2 Å². The molecule has 2 nitrogen and oxygen atoms in total. The maximum atomic E-state index is 3.42. The third-order valence-electron chi connectivity index (χ3n) is 3.35. The number of aromatic amines is 1. The second-order valence-corrected chi connectivity index (χ2v) is 4.42. The van der Waals surface area contributed by atoms with E-state index < -0.39 is 0 Å². The fraction of sp³-hybridized carbons (Fsp3) is 0.385. The van der Waals surface area contributed by atoms with Crippen molar-refractivity contribution < 1.29 is 0 Å². The van der Waals surface area contributed by atoms with Crippen LogP contribution < -0.4 is 5.32 Å². The van der Waals surface area contributed by atoms with Gasteiger partial charge in [-0.15, -0.1) is 0 Å². The molecule has 0 spiro atoms. The predicted molar refractivity (Wildman–Crippen MR) is 63.0 cm³/mol. The molecule has 0 amide bonds. The molecule has 1 saturated heterocycles. The van der Waals surface area contributed by atoms with E-state index in [2.05, 4.69) is 40.8 Å².